The highest BCUT2D eigenvalue weighted by Crippen LogP contribution is 2.48. The minimum Gasteiger partial charge on any atom is -0.386 e. The van der Waals surface area contributed by atoms with Crippen LogP contribution in [-0.2, 0) is 13.7 Å². The van der Waals surface area contributed by atoms with Crippen LogP contribution < -0.4 is 0 Å². The van der Waals surface area contributed by atoms with Crippen molar-refractivity contribution in [3.63, 3.8) is 0 Å². The minimum absolute atomic E-state index is 0.376. The van der Waals surface area contributed by atoms with Crippen LogP contribution in [0.2, 0.25) is 0 Å². The van der Waals surface area contributed by atoms with E-state index in [1.165, 1.54) is 0 Å². The fourth-order valence-electron chi connectivity index (χ4n) is 2.83. The highest BCUT2D eigenvalue weighted by Gasteiger charge is 2.39. The Balaban J connectivity index is 2.21. The van der Waals surface area contributed by atoms with Gasteiger partial charge < -0.3 is 4.18 Å². The second-order valence-electron chi connectivity index (χ2n) is 6.01. The van der Waals surface area contributed by atoms with E-state index in [0.29, 0.717) is 5.57 Å². The van der Waals surface area contributed by atoms with Crippen molar-refractivity contribution in [2.75, 3.05) is 0 Å². The number of benzene rings is 3. The van der Waals surface area contributed by atoms with Crippen LogP contribution in [0.1, 0.15) is 23.6 Å². The van der Waals surface area contributed by atoms with Crippen LogP contribution in [0.25, 0.3) is 0 Å². The fraction of sp³-hybridized carbons (Fsp3) is 0.0870. The molecule has 3 aromatic rings. The van der Waals surface area contributed by atoms with Gasteiger partial charge >= 0.3 is 5.97 Å². The van der Waals surface area contributed by atoms with Crippen LogP contribution in [0.3, 0.4) is 0 Å². The minimum atomic E-state index is -0.672. The molecule has 0 saturated heterocycles. The van der Waals surface area contributed by atoms with E-state index in [-0.39, 0.29) is 0 Å². The first kappa shape index (κ1) is 18.0. The summed E-state index contributed by atoms with van der Waals surface area (Å²) in [6.07, 6.45) is 0. The maximum Gasteiger partial charge on any atom is 0.345 e. The lowest BCUT2D eigenvalue weighted by Crippen LogP contribution is -2.26. The molecule has 0 fully saturated rings. The SMILES string of the molecule is C=C(C)C(=O)OSC(c1ccccc1)(c1ccccc1)c1ccccc1. The van der Waals surface area contributed by atoms with E-state index in [0.717, 1.165) is 28.7 Å². The normalized spacial score (nSPS) is 11.0. The van der Waals surface area contributed by atoms with Gasteiger partial charge in [-0.3, -0.25) is 0 Å². The van der Waals surface area contributed by atoms with Crippen molar-refractivity contribution in [2.24, 2.45) is 0 Å². The quantitative estimate of drug-likeness (QED) is 0.318. The first-order valence-electron chi connectivity index (χ1n) is 8.36. The Bertz CT molecular complexity index is 777. The molecule has 0 bridgehead atoms. The van der Waals surface area contributed by atoms with E-state index in [2.05, 4.69) is 43.0 Å². The molecule has 0 saturated carbocycles. The molecule has 3 heteroatoms. The van der Waals surface area contributed by atoms with Crippen LogP contribution in [0, 0.1) is 0 Å². The summed E-state index contributed by atoms with van der Waals surface area (Å²) in [7, 11) is 0. The maximum absolute atomic E-state index is 12.1. The zero-order chi connectivity index (χ0) is 18.4. The largest absolute Gasteiger partial charge is 0.386 e. The summed E-state index contributed by atoms with van der Waals surface area (Å²) < 4.78 is 4.94. The highest BCUT2D eigenvalue weighted by atomic mass is 32.2. The van der Waals surface area contributed by atoms with Gasteiger partial charge in [-0.05, 0) is 23.6 Å². The molecule has 130 valence electrons. The summed E-state index contributed by atoms with van der Waals surface area (Å²) in [5, 5.41) is 0. The molecule has 0 aromatic heterocycles. The van der Waals surface area contributed by atoms with Gasteiger partial charge in [-0.15, -0.1) is 0 Å². The van der Waals surface area contributed by atoms with E-state index in [4.69, 9.17) is 4.18 Å². The van der Waals surface area contributed by atoms with Crippen molar-refractivity contribution in [3.05, 3.63) is 120 Å². The van der Waals surface area contributed by atoms with Gasteiger partial charge in [0.25, 0.3) is 0 Å². The number of hydrogen-bond donors (Lipinski definition) is 0. The summed E-state index contributed by atoms with van der Waals surface area (Å²) in [5.74, 6) is -0.415. The lowest BCUT2D eigenvalue weighted by molar-refractivity contribution is -0.128. The number of carbonyl (C=O) groups is 1. The van der Waals surface area contributed by atoms with Gasteiger partial charge in [0.1, 0.15) is 4.75 Å². The second-order valence-corrected chi connectivity index (χ2v) is 6.96. The molecule has 0 atom stereocenters. The molecule has 0 heterocycles. The fourth-order valence-corrected chi connectivity index (χ4v) is 3.87. The van der Waals surface area contributed by atoms with Gasteiger partial charge in [-0.25, -0.2) is 4.79 Å². The number of hydrogen-bond acceptors (Lipinski definition) is 3. The van der Waals surface area contributed by atoms with Crippen LogP contribution in [0.5, 0.6) is 0 Å². The average molecular weight is 360 g/mol. The lowest BCUT2D eigenvalue weighted by atomic mass is 9.84. The zero-order valence-electron chi connectivity index (χ0n) is 14.6. The standard InChI is InChI=1S/C23H20O2S/c1-18(2)22(24)25-26-23(19-12-6-3-7-13-19,20-14-8-4-9-15-20)21-16-10-5-11-17-21/h3-17H,1H2,2H3. The molecule has 0 radical (unpaired) electrons. The first-order valence-corrected chi connectivity index (χ1v) is 9.11. The molecule has 0 N–H and O–H groups in total. The van der Waals surface area contributed by atoms with Crippen molar-refractivity contribution >= 4 is 18.0 Å². The molecule has 0 amide bonds. The van der Waals surface area contributed by atoms with Gasteiger partial charge in [0.2, 0.25) is 0 Å². The molecular weight excluding hydrogens is 340 g/mol. The second kappa shape index (κ2) is 8.07. The summed E-state index contributed by atoms with van der Waals surface area (Å²) in [5.41, 5.74) is 3.49. The van der Waals surface area contributed by atoms with Gasteiger partial charge in [-0.2, -0.15) is 0 Å². The summed E-state index contributed by atoms with van der Waals surface area (Å²) in [4.78, 5) is 12.1. The average Bonchev–Trinajstić information content (AvgIpc) is 2.70. The van der Waals surface area contributed by atoms with Crippen molar-refractivity contribution in [3.8, 4) is 0 Å². The Morgan fingerprint density at radius 2 is 1.12 bits per heavy atom. The molecule has 0 aliphatic heterocycles. The Labute approximate surface area is 158 Å². The maximum atomic E-state index is 12.1. The van der Waals surface area contributed by atoms with Gasteiger partial charge in [0, 0.05) is 5.57 Å². The van der Waals surface area contributed by atoms with Crippen LogP contribution in [-0.4, -0.2) is 5.97 Å². The van der Waals surface area contributed by atoms with Crippen molar-refractivity contribution < 1.29 is 8.98 Å². The van der Waals surface area contributed by atoms with Gasteiger partial charge in [0.05, 0.1) is 12.0 Å². The topological polar surface area (TPSA) is 26.3 Å². The Kier molecular flexibility index (Phi) is 5.59. The predicted molar refractivity (Wildman–Crippen MR) is 108 cm³/mol. The molecular formula is C23H20O2S. The molecule has 26 heavy (non-hydrogen) atoms. The Morgan fingerprint density at radius 3 is 1.42 bits per heavy atom. The Morgan fingerprint density at radius 1 is 0.769 bits per heavy atom. The monoisotopic (exact) mass is 360 g/mol. The molecule has 0 aliphatic rings. The third-order valence-electron chi connectivity index (χ3n) is 4.13. The lowest BCUT2D eigenvalue weighted by Gasteiger charge is -2.33. The van der Waals surface area contributed by atoms with Crippen molar-refractivity contribution in [1.82, 2.24) is 0 Å². The number of rotatable bonds is 6. The smallest absolute Gasteiger partial charge is 0.345 e. The molecule has 3 aromatic carbocycles. The summed E-state index contributed by atoms with van der Waals surface area (Å²) in [6, 6.07) is 30.3. The van der Waals surface area contributed by atoms with E-state index in [1.54, 1.807) is 6.92 Å². The van der Waals surface area contributed by atoms with Crippen LogP contribution >= 0.6 is 12.0 Å². The molecule has 0 spiro atoms. The van der Waals surface area contributed by atoms with Crippen LogP contribution in [0.4, 0.5) is 0 Å². The van der Waals surface area contributed by atoms with Crippen molar-refractivity contribution in [2.45, 2.75) is 11.7 Å². The third-order valence-corrected chi connectivity index (χ3v) is 5.32. The van der Waals surface area contributed by atoms with Crippen LogP contribution in [0.15, 0.2) is 103 Å². The molecule has 3 rings (SSSR count). The first-order chi connectivity index (χ1) is 12.6. The third kappa shape index (κ3) is 3.58. The van der Waals surface area contributed by atoms with E-state index in [9.17, 15) is 4.79 Å². The highest BCUT2D eigenvalue weighted by molar-refractivity contribution is 7.96. The molecule has 2 nitrogen and oxygen atoms in total. The zero-order valence-corrected chi connectivity index (χ0v) is 15.4. The molecule has 0 aliphatic carbocycles. The predicted octanol–water partition coefficient (Wildman–Crippen LogP) is 5.75. The Hall–Kier alpha value is -2.78. The van der Waals surface area contributed by atoms with E-state index < -0.39 is 10.7 Å². The molecule has 0 unspecified atom stereocenters. The van der Waals surface area contributed by atoms with E-state index in [1.807, 2.05) is 54.6 Å². The summed E-state index contributed by atoms with van der Waals surface area (Å²) >= 11 is 1.15. The summed E-state index contributed by atoms with van der Waals surface area (Å²) in [6.45, 7) is 5.34. The van der Waals surface area contributed by atoms with Gasteiger partial charge in [-0.1, -0.05) is 97.6 Å². The van der Waals surface area contributed by atoms with Crippen molar-refractivity contribution in [1.29, 1.82) is 0 Å². The van der Waals surface area contributed by atoms with Gasteiger partial charge in [0.15, 0.2) is 0 Å². The van der Waals surface area contributed by atoms with E-state index >= 15 is 0 Å². The number of carbonyl (C=O) groups excluding carboxylic acids is 1.